The Morgan fingerprint density at radius 3 is 2.90 bits per heavy atom. The van der Waals surface area contributed by atoms with Gasteiger partial charge >= 0.3 is 0 Å². The van der Waals surface area contributed by atoms with Crippen LogP contribution in [0.15, 0.2) is 4.52 Å². The van der Waals surface area contributed by atoms with E-state index in [1.807, 2.05) is 0 Å². The fourth-order valence-electron chi connectivity index (χ4n) is 3.02. The minimum absolute atomic E-state index is 0.542. The molecule has 2 fully saturated rings. The molecule has 0 radical (unpaired) electrons. The molecule has 0 aromatic carbocycles. The van der Waals surface area contributed by atoms with Gasteiger partial charge < -0.3 is 9.26 Å². The molecule has 1 saturated heterocycles. The summed E-state index contributed by atoms with van der Waals surface area (Å²) in [5.74, 6) is 2.23. The fraction of sp³-hybridized carbons (Fsp3) is 0.867. The van der Waals surface area contributed by atoms with Crippen LogP contribution in [-0.2, 0) is 11.3 Å². The lowest BCUT2D eigenvalue weighted by molar-refractivity contribution is 0.0452. The predicted molar refractivity (Wildman–Crippen MR) is 79.1 cm³/mol. The van der Waals surface area contributed by atoms with Crippen molar-refractivity contribution in [2.24, 2.45) is 0 Å². The number of hydrogen-bond acceptors (Lipinski definition) is 6. The van der Waals surface area contributed by atoms with Crippen LogP contribution in [0.25, 0.3) is 0 Å². The van der Waals surface area contributed by atoms with Crippen molar-refractivity contribution in [2.75, 3.05) is 39.9 Å². The zero-order chi connectivity index (χ0) is 14.7. The lowest BCUT2D eigenvalue weighted by Gasteiger charge is -2.40. The molecule has 6 nitrogen and oxygen atoms in total. The molecule has 1 aliphatic carbocycles. The van der Waals surface area contributed by atoms with Crippen LogP contribution in [0.4, 0.5) is 0 Å². The molecule has 3 rings (SSSR count). The number of piperazine rings is 1. The Bertz CT molecular complexity index is 447. The second kappa shape index (κ2) is 6.85. The third-order valence-electron chi connectivity index (χ3n) is 4.52. The zero-order valence-corrected chi connectivity index (χ0v) is 13.1. The van der Waals surface area contributed by atoms with Gasteiger partial charge in [0.2, 0.25) is 5.89 Å². The van der Waals surface area contributed by atoms with Gasteiger partial charge in [0.25, 0.3) is 0 Å². The summed E-state index contributed by atoms with van der Waals surface area (Å²) < 4.78 is 10.5. The SMILES string of the molecule is CC[C@H]1CN(Cc2noc(C3CC3)n2)CCN1CCOC. The van der Waals surface area contributed by atoms with Crippen molar-refractivity contribution < 1.29 is 9.26 Å². The summed E-state index contributed by atoms with van der Waals surface area (Å²) in [4.78, 5) is 9.51. The van der Waals surface area contributed by atoms with Crippen molar-refractivity contribution in [1.82, 2.24) is 19.9 Å². The van der Waals surface area contributed by atoms with Crippen LogP contribution in [0.1, 0.15) is 43.8 Å². The first-order valence-corrected chi connectivity index (χ1v) is 8.08. The molecule has 2 heterocycles. The van der Waals surface area contributed by atoms with Crippen LogP contribution >= 0.6 is 0 Å². The normalized spacial score (nSPS) is 24.6. The Kier molecular flexibility index (Phi) is 4.87. The van der Waals surface area contributed by atoms with Crippen molar-refractivity contribution in [3.8, 4) is 0 Å². The second-order valence-corrected chi connectivity index (χ2v) is 6.15. The summed E-state index contributed by atoms with van der Waals surface area (Å²) in [5.41, 5.74) is 0. The molecule has 1 aliphatic heterocycles. The van der Waals surface area contributed by atoms with Gasteiger partial charge in [0.1, 0.15) is 0 Å². The molecule has 0 bridgehead atoms. The second-order valence-electron chi connectivity index (χ2n) is 6.15. The van der Waals surface area contributed by atoms with Crippen molar-refractivity contribution in [2.45, 2.75) is 44.7 Å². The topological polar surface area (TPSA) is 54.6 Å². The van der Waals surface area contributed by atoms with E-state index in [4.69, 9.17) is 9.26 Å². The summed E-state index contributed by atoms with van der Waals surface area (Å²) >= 11 is 0. The van der Waals surface area contributed by atoms with Crippen molar-refractivity contribution in [1.29, 1.82) is 0 Å². The molecule has 0 unspecified atom stereocenters. The maximum Gasteiger partial charge on any atom is 0.229 e. The molecule has 1 saturated carbocycles. The van der Waals surface area contributed by atoms with Gasteiger partial charge in [-0.05, 0) is 19.3 Å². The Morgan fingerprint density at radius 1 is 1.33 bits per heavy atom. The molecule has 1 aromatic heterocycles. The molecule has 6 heteroatoms. The van der Waals surface area contributed by atoms with E-state index < -0.39 is 0 Å². The maximum atomic E-state index is 5.34. The largest absolute Gasteiger partial charge is 0.383 e. The predicted octanol–water partition coefficient (Wildman–Crippen LogP) is 1.49. The molecular weight excluding hydrogens is 268 g/mol. The average molecular weight is 294 g/mol. The van der Waals surface area contributed by atoms with E-state index in [-0.39, 0.29) is 0 Å². The minimum Gasteiger partial charge on any atom is -0.383 e. The number of rotatable bonds is 7. The molecule has 21 heavy (non-hydrogen) atoms. The van der Waals surface area contributed by atoms with E-state index in [9.17, 15) is 0 Å². The first-order chi connectivity index (χ1) is 10.3. The van der Waals surface area contributed by atoms with Crippen molar-refractivity contribution in [3.05, 3.63) is 11.7 Å². The quantitative estimate of drug-likeness (QED) is 0.759. The van der Waals surface area contributed by atoms with Crippen LogP contribution in [0, 0.1) is 0 Å². The van der Waals surface area contributed by atoms with Crippen molar-refractivity contribution >= 4 is 0 Å². The van der Waals surface area contributed by atoms with Crippen LogP contribution in [0.5, 0.6) is 0 Å². The number of nitrogens with zero attached hydrogens (tertiary/aromatic N) is 4. The monoisotopic (exact) mass is 294 g/mol. The molecule has 0 amide bonds. The van der Waals surface area contributed by atoms with E-state index in [1.165, 1.54) is 19.3 Å². The minimum atomic E-state index is 0.542. The van der Waals surface area contributed by atoms with E-state index in [0.29, 0.717) is 12.0 Å². The highest BCUT2D eigenvalue weighted by Crippen LogP contribution is 2.38. The van der Waals surface area contributed by atoms with Gasteiger partial charge in [0.15, 0.2) is 5.82 Å². The number of hydrogen-bond donors (Lipinski definition) is 0. The summed E-state index contributed by atoms with van der Waals surface area (Å²) in [6, 6.07) is 0.601. The highest BCUT2D eigenvalue weighted by Gasteiger charge is 2.30. The first kappa shape index (κ1) is 14.9. The molecule has 1 aromatic rings. The van der Waals surface area contributed by atoms with Gasteiger partial charge in [0, 0.05) is 45.2 Å². The number of aromatic nitrogens is 2. The number of methoxy groups -OCH3 is 1. The Balaban J connectivity index is 1.52. The summed E-state index contributed by atoms with van der Waals surface area (Å²) in [7, 11) is 1.77. The van der Waals surface area contributed by atoms with E-state index >= 15 is 0 Å². The van der Waals surface area contributed by atoms with Gasteiger partial charge in [-0.25, -0.2) is 0 Å². The Hall–Kier alpha value is -0.980. The standard InChI is InChI=1S/C15H26N4O2/c1-3-13-10-18(6-7-19(13)8-9-20-2)11-14-16-15(21-17-14)12-4-5-12/h12-13H,3-11H2,1-2H3/t13-/m0/s1. The maximum absolute atomic E-state index is 5.34. The van der Waals surface area contributed by atoms with E-state index in [2.05, 4.69) is 26.9 Å². The Morgan fingerprint density at radius 2 is 2.19 bits per heavy atom. The van der Waals surface area contributed by atoms with Gasteiger partial charge in [-0.1, -0.05) is 12.1 Å². The Labute approximate surface area is 126 Å². The average Bonchev–Trinajstić information content (AvgIpc) is 3.26. The highest BCUT2D eigenvalue weighted by molar-refractivity contribution is 5.01. The van der Waals surface area contributed by atoms with Crippen LogP contribution < -0.4 is 0 Å². The van der Waals surface area contributed by atoms with Crippen molar-refractivity contribution in [3.63, 3.8) is 0 Å². The third kappa shape index (κ3) is 3.81. The summed E-state index contributed by atoms with van der Waals surface area (Å²) in [5, 5.41) is 4.13. The molecular formula is C15H26N4O2. The fourth-order valence-corrected chi connectivity index (χ4v) is 3.02. The summed E-state index contributed by atoms with van der Waals surface area (Å²) in [6.45, 7) is 8.14. The van der Waals surface area contributed by atoms with Crippen LogP contribution in [-0.4, -0.2) is 65.9 Å². The smallest absolute Gasteiger partial charge is 0.229 e. The van der Waals surface area contributed by atoms with Gasteiger partial charge in [-0.15, -0.1) is 0 Å². The van der Waals surface area contributed by atoms with E-state index in [1.54, 1.807) is 7.11 Å². The molecule has 1 atom stereocenters. The summed E-state index contributed by atoms with van der Waals surface area (Å²) in [6.07, 6.45) is 3.58. The zero-order valence-electron chi connectivity index (χ0n) is 13.1. The van der Waals surface area contributed by atoms with Gasteiger partial charge in [0.05, 0.1) is 13.2 Å². The third-order valence-corrected chi connectivity index (χ3v) is 4.52. The number of ether oxygens (including phenoxy) is 1. The van der Waals surface area contributed by atoms with Crippen LogP contribution in [0.2, 0.25) is 0 Å². The van der Waals surface area contributed by atoms with Gasteiger partial charge in [-0.2, -0.15) is 4.98 Å². The van der Waals surface area contributed by atoms with E-state index in [0.717, 1.165) is 51.0 Å². The first-order valence-electron chi connectivity index (χ1n) is 8.08. The molecule has 118 valence electrons. The lowest BCUT2D eigenvalue weighted by Crippen LogP contribution is -2.53. The molecule has 0 N–H and O–H groups in total. The van der Waals surface area contributed by atoms with Crippen LogP contribution in [0.3, 0.4) is 0 Å². The molecule has 0 spiro atoms. The highest BCUT2D eigenvalue weighted by atomic mass is 16.5. The van der Waals surface area contributed by atoms with Gasteiger partial charge in [-0.3, -0.25) is 9.80 Å². The lowest BCUT2D eigenvalue weighted by atomic mass is 10.1. The molecule has 2 aliphatic rings.